The third-order valence-corrected chi connectivity index (χ3v) is 6.53. The maximum absolute atomic E-state index is 6.20. The molecule has 1 aromatic heterocycles. The average Bonchev–Trinajstić information content (AvgIpc) is 3.20. The summed E-state index contributed by atoms with van der Waals surface area (Å²) in [7, 11) is 0. The SMILES string of the molecule is Clc1ccc(OCCSc2nc3ccccc3n2CCOc2cccc3ccccc23)cc1. The van der Waals surface area contributed by atoms with E-state index in [0.29, 0.717) is 24.8 Å². The van der Waals surface area contributed by atoms with Crippen LogP contribution in [0.1, 0.15) is 0 Å². The molecule has 33 heavy (non-hydrogen) atoms. The van der Waals surface area contributed by atoms with Crippen LogP contribution in [0.3, 0.4) is 0 Å². The predicted molar refractivity (Wildman–Crippen MR) is 137 cm³/mol. The molecule has 5 aromatic rings. The van der Waals surface area contributed by atoms with Gasteiger partial charge in [-0.3, -0.25) is 0 Å². The lowest BCUT2D eigenvalue weighted by Gasteiger charge is -2.12. The lowest BCUT2D eigenvalue weighted by Crippen LogP contribution is -2.10. The van der Waals surface area contributed by atoms with Crippen molar-refractivity contribution in [2.45, 2.75) is 11.7 Å². The molecule has 1 heterocycles. The molecular formula is C27H23ClN2O2S. The number of thioether (sulfide) groups is 1. The van der Waals surface area contributed by atoms with Crippen molar-refractivity contribution in [3.8, 4) is 11.5 Å². The van der Waals surface area contributed by atoms with Crippen molar-refractivity contribution < 1.29 is 9.47 Å². The molecule has 4 nitrogen and oxygen atoms in total. The Balaban J connectivity index is 1.26. The number of imidazole rings is 1. The van der Waals surface area contributed by atoms with Crippen molar-refractivity contribution in [2.24, 2.45) is 0 Å². The topological polar surface area (TPSA) is 36.3 Å². The summed E-state index contributed by atoms with van der Waals surface area (Å²) in [5, 5.41) is 3.98. The Morgan fingerprint density at radius 3 is 2.48 bits per heavy atom. The fourth-order valence-electron chi connectivity index (χ4n) is 3.77. The largest absolute Gasteiger partial charge is 0.493 e. The van der Waals surface area contributed by atoms with Gasteiger partial charge >= 0.3 is 0 Å². The second-order valence-corrected chi connectivity index (χ2v) is 9.01. The molecule has 0 fully saturated rings. The zero-order valence-electron chi connectivity index (χ0n) is 18.0. The molecule has 0 aliphatic carbocycles. The molecule has 0 atom stereocenters. The van der Waals surface area contributed by atoms with E-state index in [1.54, 1.807) is 11.8 Å². The van der Waals surface area contributed by atoms with E-state index < -0.39 is 0 Å². The van der Waals surface area contributed by atoms with Crippen molar-refractivity contribution in [1.82, 2.24) is 9.55 Å². The average molecular weight is 475 g/mol. The summed E-state index contributed by atoms with van der Waals surface area (Å²) in [5.41, 5.74) is 2.10. The van der Waals surface area contributed by atoms with E-state index in [0.717, 1.165) is 38.8 Å². The van der Waals surface area contributed by atoms with Gasteiger partial charge in [0.1, 0.15) is 18.1 Å². The fourth-order valence-corrected chi connectivity index (χ4v) is 4.76. The Bertz CT molecular complexity index is 1360. The van der Waals surface area contributed by atoms with Crippen LogP contribution in [0.15, 0.2) is 96.2 Å². The third kappa shape index (κ3) is 5.10. The summed E-state index contributed by atoms with van der Waals surface area (Å²) in [5.74, 6) is 2.51. The van der Waals surface area contributed by atoms with Crippen LogP contribution in [-0.2, 0) is 6.54 Å². The zero-order valence-corrected chi connectivity index (χ0v) is 19.6. The minimum Gasteiger partial charge on any atom is -0.493 e. The van der Waals surface area contributed by atoms with Crippen molar-refractivity contribution >= 4 is 45.2 Å². The number of nitrogens with zero attached hydrogens (tertiary/aromatic N) is 2. The highest BCUT2D eigenvalue weighted by atomic mass is 35.5. The maximum Gasteiger partial charge on any atom is 0.169 e. The molecule has 0 unspecified atom stereocenters. The second-order valence-electron chi connectivity index (χ2n) is 7.51. The summed E-state index contributed by atoms with van der Waals surface area (Å²) in [4.78, 5) is 4.84. The first-order valence-electron chi connectivity index (χ1n) is 10.8. The van der Waals surface area contributed by atoms with E-state index in [4.69, 9.17) is 26.1 Å². The van der Waals surface area contributed by atoms with E-state index in [1.807, 2.05) is 66.7 Å². The molecule has 5 rings (SSSR count). The Morgan fingerprint density at radius 1 is 0.788 bits per heavy atom. The van der Waals surface area contributed by atoms with Crippen LogP contribution < -0.4 is 9.47 Å². The number of halogens is 1. The van der Waals surface area contributed by atoms with Crippen LogP contribution in [0.4, 0.5) is 0 Å². The highest BCUT2D eigenvalue weighted by molar-refractivity contribution is 7.99. The zero-order chi connectivity index (χ0) is 22.5. The summed E-state index contributed by atoms with van der Waals surface area (Å²) in [6, 6.07) is 30.1. The molecule has 0 bridgehead atoms. The Morgan fingerprint density at radius 2 is 1.58 bits per heavy atom. The standard InChI is InChI=1S/C27H23ClN2O2S/c28-21-12-14-22(15-13-21)31-18-19-33-27-29-24-9-3-4-10-25(24)30(27)16-17-32-26-11-5-7-20-6-1-2-8-23(20)26/h1-15H,16-19H2. The lowest BCUT2D eigenvalue weighted by atomic mass is 10.1. The van der Waals surface area contributed by atoms with E-state index in [2.05, 4.69) is 28.8 Å². The highest BCUT2D eigenvalue weighted by Crippen LogP contribution is 2.27. The van der Waals surface area contributed by atoms with Crippen molar-refractivity contribution in [3.05, 3.63) is 96.0 Å². The number of para-hydroxylation sites is 2. The van der Waals surface area contributed by atoms with Crippen molar-refractivity contribution in [3.63, 3.8) is 0 Å². The van der Waals surface area contributed by atoms with Crippen LogP contribution in [0.5, 0.6) is 11.5 Å². The summed E-state index contributed by atoms with van der Waals surface area (Å²) in [6.45, 7) is 1.86. The minimum atomic E-state index is 0.559. The van der Waals surface area contributed by atoms with Crippen molar-refractivity contribution in [1.29, 1.82) is 0 Å². The molecule has 6 heteroatoms. The molecular weight excluding hydrogens is 452 g/mol. The number of hydrogen-bond acceptors (Lipinski definition) is 4. The third-order valence-electron chi connectivity index (χ3n) is 5.34. The van der Waals surface area contributed by atoms with Gasteiger partial charge in [0.15, 0.2) is 5.16 Å². The molecule has 0 amide bonds. The van der Waals surface area contributed by atoms with Gasteiger partial charge in [-0.15, -0.1) is 0 Å². The molecule has 0 aliphatic rings. The van der Waals surface area contributed by atoms with E-state index in [-0.39, 0.29) is 0 Å². The van der Waals surface area contributed by atoms with Gasteiger partial charge in [-0.05, 0) is 47.9 Å². The molecule has 0 saturated heterocycles. The van der Waals surface area contributed by atoms with Crippen LogP contribution in [0, 0.1) is 0 Å². The first-order valence-corrected chi connectivity index (χ1v) is 12.2. The Kier molecular flexibility index (Phi) is 6.70. The normalized spacial score (nSPS) is 11.2. The maximum atomic E-state index is 6.20. The molecule has 0 N–H and O–H groups in total. The quantitative estimate of drug-likeness (QED) is 0.169. The van der Waals surface area contributed by atoms with E-state index in [1.165, 1.54) is 5.39 Å². The van der Waals surface area contributed by atoms with Gasteiger partial charge in [-0.1, -0.05) is 71.9 Å². The number of fused-ring (bicyclic) bond motifs is 2. The molecule has 0 aliphatic heterocycles. The number of ether oxygens (including phenoxy) is 2. The van der Waals surface area contributed by atoms with Gasteiger partial charge < -0.3 is 14.0 Å². The van der Waals surface area contributed by atoms with Gasteiger partial charge in [0.05, 0.1) is 24.2 Å². The van der Waals surface area contributed by atoms with E-state index in [9.17, 15) is 0 Å². The summed E-state index contributed by atoms with van der Waals surface area (Å²) >= 11 is 7.63. The Labute approximate surface area is 202 Å². The number of benzene rings is 4. The first-order chi connectivity index (χ1) is 16.3. The molecule has 166 valence electrons. The number of aromatic nitrogens is 2. The fraction of sp³-hybridized carbons (Fsp3) is 0.148. The van der Waals surface area contributed by atoms with Crippen LogP contribution in [0.25, 0.3) is 21.8 Å². The molecule has 0 spiro atoms. The molecule has 4 aromatic carbocycles. The number of hydrogen-bond donors (Lipinski definition) is 0. The molecule has 0 radical (unpaired) electrons. The summed E-state index contributed by atoms with van der Waals surface area (Å²) < 4.78 is 14.3. The Hall–Kier alpha value is -3.15. The monoisotopic (exact) mass is 474 g/mol. The van der Waals surface area contributed by atoms with Crippen molar-refractivity contribution in [2.75, 3.05) is 19.0 Å². The first kappa shape index (κ1) is 21.7. The number of rotatable bonds is 9. The molecule has 0 saturated carbocycles. The smallest absolute Gasteiger partial charge is 0.169 e. The minimum absolute atomic E-state index is 0.559. The predicted octanol–water partition coefficient (Wildman–Crippen LogP) is 7.09. The van der Waals surface area contributed by atoms with Crippen LogP contribution in [0.2, 0.25) is 5.02 Å². The van der Waals surface area contributed by atoms with Gasteiger partial charge in [0, 0.05) is 16.2 Å². The van der Waals surface area contributed by atoms with Gasteiger partial charge in [0.25, 0.3) is 0 Å². The van der Waals surface area contributed by atoms with E-state index >= 15 is 0 Å². The second kappa shape index (κ2) is 10.2. The van der Waals surface area contributed by atoms with Gasteiger partial charge in [0.2, 0.25) is 0 Å². The lowest BCUT2D eigenvalue weighted by molar-refractivity contribution is 0.299. The van der Waals surface area contributed by atoms with Crippen LogP contribution >= 0.6 is 23.4 Å². The van der Waals surface area contributed by atoms with Gasteiger partial charge in [-0.25, -0.2) is 4.98 Å². The van der Waals surface area contributed by atoms with Gasteiger partial charge in [-0.2, -0.15) is 0 Å². The van der Waals surface area contributed by atoms with Crippen LogP contribution in [-0.4, -0.2) is 28.5 Å². The highest BCUT2D eigenvalue weighted by Gasteiger charge is 2.11. The summed E-state index contributed by atoms with van der Waals surface area (Å²) in [6.07, 6.45) is 0.